The fourth-order valence-electron chi connectivity index (χ4n) is 1.64. The van der Waals surface area contributed by atoms with Crippen molar-refractivity contribution < 1.29 is 9.59 Å². The molecule has 0 aliphatic rings. The number of hydrogen-bond acceptors (Lipinski definition) is 6. The van der Waals surface area contributed by atoms with Gasteiger partial charge in [-0.25, -0.2) is 9.78 Å². The van der Waals surface area contributed by atoms with Gasteiger partial charge in [0.15, 0.2) is 5.16 Å². The van der Waals surface area contributed by atoms with Crippen molar-refractivity contribution in [2.45, 2.75) is 11.7 Å². The first kappa shape index (κ1) is 16.6. The summed E-state index contributed by atoms with van der Waals surface area (Å²) in [6.07, 6.45) is 0. The molecule has 0 aliphatic heterocycles. The highest BCUT2D eigenvalue weighted by Gasteiger charge is 2.09. The molecule has 2 rings (SSSR count). The average Bonchev–Trinajstić information content (AvgIpc) is 2.51. The lowest BCUT2D eigenvalue weighted by atomic mass is 10.2. The van der Waals surface area contributed by atoms with Gasteiger partial charge < -0.3 is 16.0 Å². The van der Waals surface area contributed by atoms with Gasteiger partial charge in [-0.3, -0.25) is 14.9 Å². The summed E-state index contributed by atoms with van der Waals surface area (Å²) in [6.45, 7) is 0.317. The topological polar surface area (TPSA) is 130 Å². The number of rotatable bonds is 5. The zero-order valence-corrected chi connectivity index (χ0v) is 12.9. The van der Waals surface area contributed by atoms with Crippen molar-refractivity contribution in [3.63, 3.8) is 0 Å². The Kier molecular flexibility index (Phi) is 5.75. The van der Waals surface area contributed by atoms with Gasteiger partial charge in [0.1, 0.15) is 5.82 Å². The summed E-state index contributed by atoms with van der Waals surface area (Å²) >= 11 is 0.975. The molecule has 0 fully saturated rings. The molecule has 5 N–H and O–H groups in total. The summed E-state index contributed by atoms with van der Waals surface area (Å²) in [7, 11) is 0. The SMILES string of the molecule is Nc1cc(=O)[nH]c(SCC(=O)NC(=O)NCc2ccccc2)n1. The molecule has 1 heterocycles. The Labute approximate surface area is 135 Å². The molecule has 0 aliphatic carbocycles. The largest absolute Gasteiger partial charge is 0.383 e. The number of nitrogens with zero attached hydrogens (tertiary/aromatic N) is 1. The van der Waals surface area contributed by atoms with Gasteiger partial charge in [-0.2, -0.15) is 0 Å². The van der Waals surface area contributed by atoms with Gasteiger partial charge in [0.05, 0.1) is 5.75 Å². The summed E-state index contributed by atoms with van der Waals surface area (Å²) in [5.41, 5.74) is 5.95. The number of nitrogen functional groups attached to an aromatic ring is 1. The number of carbonyl (C=O) groups is 2. The van der Waals surface area contributed by atoms with Gasteiger partial charge in [0.25, 0.3) is 5.56 Å². The molecule has 0 saturated heterocycles. The number of benzene rings is 1. The number of aromatic nitrogens is 2. The fourth-order valence-corrected chi connectivity index (χ4v) is 2.32. The Morgan fingerprint density at radius 1 is 1.26 bits per heavy atom. The predicted molar refractivity (Wildman–Crippen MR) is 86.8 cm³/mol. The number of urea groups is 1. The molecule has 8 nitrogen and oxygen atoms in total. The normalized spacial score (nSPS) is 10.1. The maximum atomic E-state index is 11.7. The predicted octanol–water partition coefficient (Wildman–Crippen LogP) is 0.470. The van der Waals surface area contributed by atoms with Crippen LogP contribution in [0.2, 0.25) is 0 Å². The molecular formula is C14H15N5O3S. The number of amides is 3. The number of H-pyrrole nitrogens is 1. The van der Waals surface area contributed by atoms with E-state index in [0.717, 1.165) is 23.4 Å². The van der Waals surface area contributed by atoms with Crippen LogP contribution in [0.15, 0.2) is 46.3 Å². The summed E-state index contributed by atoms with van der Waals surface area (Å²) in [5, 5.41) is 4.98. The number of hydrogen-bond donors (Lipinski definition) is 4. The fraction of sp³-hybridized carbons (Fsp3) is 0.143. The molecule has 0 radical (unpaired) electrons. The van der Waals surface area contributed by atoms with E-state index in [2.05, 4.69) is 20.6 Å². The van der Waals surface area contributed by atoms with Crippen LogP contribution in [0.5, 0.6) is 0 Å². The lowest BCUT2D eigenvalue weighted by molar-refractivity contribution is -0.117. The first-order valence-electron chi connectivity index (χ1n) is 6.64. The second-order valence-electron chi connectivity index (χ2n) is 4.48. The minimum Gasteiger partial charge on any atom is -0.383 e. The van der Waals surface area contributed by atoms with Gasteiger partial charge in [0, 0.05) is 12.6 Å². The van der Waals surface area contributed by atoms with Crippen LogP contribution in [-0.2, 0) is 11.3 Å². The van der Waals surface area contributed by atoms with E-state index in [4.69, 9.17) is 5.73 Å². The Morgan fingerprint density at radius 2 is 2.00 bits per heavy atom. The van der Waals surface area contributed by atoms with Gasteiger partial charge in [-0.1, -0.05) is 42.1 Å². The molecule has 0 spiro atoms. The Bertz CT molecular complexity index is 748. The molecule has 1 aromatic heterocycles. The average molecular weight is 333 g/mol. The molecule has 1 aromatic carbocycles. The number of carbonyl (C=O) groups excluding carboxylic acids is 2. The highest BCUT2D eigenvalue weighted by molar-refractivity contribution is 7.99. The van der Waals surface area contributed by atoms with Crippen molar-refractivity contribution in [2.75, 3.05) is 11.5 Å². The molecule has 0 bridgehead atoms. The van der Waals surface area contributed by atoms with Crippen LogP contribution in [0.3, 0.4) is 0 Å². The van der Waals surface area contributed by atoms with Crippen molar-refractivity contribution in [1.82, 2.24) is 20.6 Å². The zero-order chi connectivity index (χ0) is 16.7. The maximum Gasteiger partial charge on any atom is 0.321 e. The van der Waals surface area contributed by atoms with Gasteiger partial charge >= 0.3 is 6.03 Å². The van der Waals surface area contributed by atoms with Crippen LogP contribution < -0.4 is 21.9 Å². The molecule has 0 saturated carbocycles. The second kappa shape index (κ2) is 7.99. The molecule has 23 heavy (non-hydrogen) atoms. The monoisotopic (exact) mass is 333 g/mol. The first-order chi connectivity index (χ1) is 11.0. The second-order valence-corrected chi connectivity index (χ2v) is 5.44. The van der Waals surface area contributed by atoms with E-state index in [9.17, 15) is 14.4 Å². The van der Waals surface area contributed by atoms with Crippen molar-refractivity contribution in [2.24, 2.45) is 0 Å². The number of thioether (sulfide) groups is 1. The van der Waals surface area contributed by atoms with Crippen LogP contribution in [-0.4, -0.2) is 27.7 Å². The van der Waals surface area contributed by atoms with Crippen LogP contribution in [0.25, 0.3) is 0 Å². The zero-order valence-electron chi connectivity index (χ0n) is 12.0. The Morgan fingerprint density at radius 3 is 2.70 bits per heavy atom. The number of aromatic amines is 1. The Hall–Kier alpha value is -2.81. The number of nitrogens with two attached hydrogens (primary N) is 1. The number of anilines is 1. The molecule has 2 aromatic rings. The van der Waals surface area contributed by atoms with E-state index in [0.29, 0.717) is 6.54 Å². The molecular weight excluding hydrogens is 318 g/mol. The molecule has 0 atom stereocenters. The smallest absolute Gasteiger partial charge is 0.321 e. The molecule has 3 amide bonds. The summed E-state index contributed by atoms with van der Waals surface area (Å²) in [4.78, 5) is 40.8. The van der Waals surface area contributed by atoms with Crippen LogP contribution in [0, 0.1) is 0 Å². The maximum absolute atomic E-state index is 11.7. The minimum atomic E-state index is -0.589. The first-order valence-corrected chi connectivity index (χ1v) is 7.63. The molecule has 120 valence electrons. The Balaban J connectivity index is 1.75. The highest BCUT2D eigenvalue weighted by Crippen LogP contribution is 2.10. The van der Waals surface area contributed by atoms with Gasteiger partial charge in [0.2, 0.25) is 5.91 Å². The third kappa shape index (κ3) is 5.83. The van der Waals surface area contributed by atoms with Crippen LogP contribution in [0.1, 0.15) is 5.56 Å². The summed E-state index contributed by atoms with van der Waals surface area (Å²) in [6, 6.07) is 9.86. The summed E-state index contributed by atoms with van der Waals surface area (Å²) in [5.74, 6) is -0.520. The van der Waals surface area contributed by atoms with E-state index in [1.54, 1.807) is 0 Å². The van der Waals surface area contributed by atoms with E-state index in [1.165, 1.54) is 0 Å². The van der Waals surface area contributed by atoms with Gasteiger partial charge in [-0.05, 0) is 5.56 Å². The van der Waals surface area contributed by atoms with Crippen LogP contribution >= 0.6 is 11.8 Å². The molecule has 0 unspecified atom stereocenters. The quantitative estimate of drug-likeness (QED) is 0.465. The van der Waals surface area contributed by atoms with Crippen LogP contribution in [0.4, 0.5) is 10.6 Å². The lowest BCUT2D eigenvalue weighted by Gasteiger charge is -2.06. The number of nitrogens with one attached hydrogen (secondary N) is 3. The third-order valence-corrected chi connectivity index (χ3v) is 3.50. The lowest BCUT2D eigenvalue weighted by Crippen LogP contribution is -2.40. The van der Waals surface area contributed by atoms with E-state index in [1.807, 2.05) is 30.3 Å². The third-order valence-electron chi connectivity index (χ3n) is 2.63. The van der Waals surface area contributed by atoms with E-state index >= 15 is 0 Å². The van der Waals surface area contributed by atoms with Crippen molar-refractivity contribution >= 4 is 29.5 Å². The minimum absolute atomic E-state index is 0.0669. The van der Waals surface area contributed by atoms with Gasteiger partial charge in [-0.15, -0.1) is 0 Å². The summed E-state index contributed by atoms with van der Waals surface area (Å²) < 4.78 is 0. The van der Waals surface area contributed by atoms with E-state index in [-0.39, 0.29) is 16.7 Å². The molecule has 9 heteroatoms. The van der Waals surface area contributed by atoms with Crippen molar-refractivity contribution in [3.05, 3.63) is 52.3 Å². The van der Waals surface area contributed by atoms with Crippen molar-refractivity contribution in [1.29, 1.82) is 0 Å². The standard InChI is InChI=1S/C14H15N5O3S/c15-10-6-11(20)19-14(17-10)23-8-12(21)18-13(22)16-7-9-4-2-1-3-5-9/h1-6H,7-8H2,(H3,15,17,19,20)(H2,16,18,21,22). The van der Waals surface area contributed by atoms with E-state index < -0.39 is 17.5 Å². The van der Waals surface area contributed by atoms with Crippen molar-refractivity contribution in [3.8, 4) is 0 Å². The highest BCUT2D eigenvalue weighted by atomic mass is 32.2. The number of imide groups is 1.